The van der Waals surface area contributed by atoms with Crippen LogP contribution in [0.5, 0.6) is 0 Å². The van der Waals surface area contributed by atoms with E-state index >= 15 is 0 Å². The lowest BCUT2D eigenvalue weighted by atomic mass is 9.95. The van der Waals surface area contributed by atoms with Crippen LogP contribution in [0.15, 0.2) is 5.18 Å². The van der Waals surface area contributed by atoms with Gasteiger partial charge < -0.3 is 5.32 Å². The van der Waals surface area contributed by atoms with Crippen molar-refractivity contribution in [3.8, 4) is 0 Å². The molecule has 4 nitrogen and oxygen atoms in total. The summed E-state index contributed by atoms with van der Waals surface area (Å²) >= 11 is 1.64. The van der Waals surface area contributed by atoms with E-state index in [4.69, 9.17) is 0 Å². The molecule has 17 heavy (non-hydrogen) atoms. The average Bonchev–Trinajstić information content (AvgIpc) is 3.08. The third-order valence-electron chi connectivity index (χ3n) is 3.38. The Kier molecular flexibility index (Phi) is 2.70. The van der Waals surface area contributed by atoms with E-state index in [-0.39, 0.29) is 0 Å². The fraction of sp³-hybridized carbons (Fsp3) is 0.583. The van der Waals surface area contributed by atoms with E-state index in [1.165, 1.54) is 11.3 Å². The summed E-state index contributed by atoms with van der Waals surface area (Å²) in [7, 11) is 0. The normalized spacial score (nSPS) is 18.6. The Hall–Kier alpha value is -1.23. The molecule has 1 aromatic heterocycles. The highest BCUT2D eigenvalue weighted by Gasteiger charge is 2.29. The number of amides is 1. The summed E-state index contributed by atoms with van der Waals surface area (Å²) in [5.41, 5.74) is 1.64. The number of rotatable bonds is 3. The van der Waals surface area contributed by atoms with Gasteiger partial charge in [-0.15, -0.1) is 16.2 Å². The van der Waals surface area contributed by atoms with Crippen molar-refractivity contribution in [2.24, 2.45) is 5.18 Å². The molecule has 1 saturated carbocycles. The summed E-state index contributed by atoms with van der Waals surface area (Å²) in [6, 6.07) is 0.494. The van der Waals surface area contributed by atoms with E-state index in [1.807, 2.05) is 0 Å². The molecule has 1 heterocycles. The van der Waals surface area contributed by atoms with E-state index in [1.54, 1.807) is 11.3 Å². The van der Waals surface area contributed by atoms with Crippen LogP contribution in [0.1, 0.15) is 46.5 Å². The highest BCUT2D eigenvalue weighted by molar-refractivity contribution is 7.16. The summed E-state index contributed by atoms with van der Waals surface area (Å²) < 4.78 is 0. The van der Waals surface area contributed by atoms with E-state index in [2.05, 4.69) is 10.5 Å². The van der Waals surface area contributed by atoms with E-state index in [9.17, 15) is 9.70 Å². The van der Waals surface area contributed by atoms with Crippen LogP contribution in [-0.2, 0) is 12.8 Å². The van der Waals surface area contributed by atoms with Gasteiger partial charge in [-0.3, -0.25) is 4.79 Å². The standard InChI is InChI=1S/C12H14N2O2S/c15-11(14-16)10-8-3-1-2-4-9(8)17-12(10)13-7-5-6-7/h7,13H,1-6H2. The number of nitrogens with zero attached hydrogens (tertiary/aromatic N) is 1. The molecule has 0 bridgehead atoms. The van der Waals surface area contributed by atoms with Crippen LogP contribution in [0, 0.1) is 4.91 Å². The maximum Gasteiger partial charge on any atom is 0.320 e. The van der Waals surface area contributed by atoms with Crippen LogP contribution in [-0.4, -0.2) is 11.9 Å². The molecule has 1 fully saturated rings. The van der Waals surface area contributed by atoms with Gasteiger partial charge in [-0.1, -0.05) is 0 Å². The molecule has 0 radical (unpaired) electrons. The summed E-state index contributed by atoms with van der Waals surface area (Å²) in [6.45, 7) is 0. The topological polar surface area (TPSA) is 58.5 Å². The maximum absolute atomic E-state index is 11.7. The van der Waals surface area contributed by atoms with Crippen LogP contribution in [0.4, 0.5) is 5.00 Å². The predicted octanol–water partition coefficient (Wildman–Crippen LogP) is 3.11. The molecule has 0 aromatic carbocycles. The first-order valence-corrected chi connectivity index (χ1v) is 6.90. The first kappa shape index (κ1) is 10.9. The van der Waals surface area contributed by atoms with Crippen molar-refractivity contribution >= 4 is 22.2 Å². The van der Waals surface area contributed by atoms with Gasteiger partial charge in [0.05, 0.1) is 5.56 Å². The summed E-state index contributed by atoms with van der Waals surface area (Å²) in [6.07, 6.45) is 6.54. The van der Waals surface area contributed by atoms with Gasteiger partial charge in [0, 0.05) is 16.1 Å². The molecule has 0 saturated heterocycles. The number of hydrogen-bond donors (Lipinski definition) is 1. The smallest absolute Gasteiger partial charge is 0.320 e. The quantitative estimate of drug-likeness (QED) is 0.838. The number of nitrogens with one attached hydrogen (secondary N) is 1. The van der Waals surface area contributed by atoms with Crippen molar-refractivity contribution < 1.29 is 4.79 Å². The molecular weight excluding hydrogens is 236 g/mol. The van der Waals surface area contributed by atoms with Crippen LogP contribution in [0.25, 0.3) is 0 Å². The lowest BCUT2D eigenvalue weighted by molar-refractivity contribution is 0.100. The van der Waals surface area contributed by atoms with E-state index < -0.39 is 5.91 Å². The number of anilines is 1. The van der Waals surface area contributed by atoms with Crippen molar-refractivity contribution in [1.82, 2.24) is 0 Å². The predicted molar refractivity (Wildman–Crippen MR) is 67.7 cm³/mol. The Bertz CT molecular complexity index is 477. The van der Waals surface area contributed by atoms with Gasteiger partial charge in [0.1, 0.15) is 5.00 Å². The second-order valence-corrected chi connectivity index (χ2v) is 5.84. The van der Waals surface area contributed by atoms with E-state index in [0.29, 0.717) is 11.6 Å². The molecule has 2 aliphatic carbocycles. The van der Waals surface area contributed by atoms with Crippen LogP contribution in [0.3, 0.4) is 0 Å². The molecular formula is C12H14N2O2S. The fourth-order valence-electron chi connectivity index (χ4n) is 2.35. The van der Waals surface area contributed by atoms with Gasteiger partial charge in [0.2, 0.25) is 0 Å². The summed E-state index contributed by atoms with van der Waals surface area (Å²) in [5.74, 6) is -0.604. The third-order valence-corrected chi connectivity index (χ3v) is 4.60. The Morgan fingerprint density at radius 2 is 2.06 bits per heavy atom. The highest BCUT2D eigenvalue weighted by Crippen LogP contribution is 2.40. The molecule has 0 aliphatic heterocycles. The molecule has 2 aliphatic rings. The van der Waals surface area contributed by atoms with Gasteiger partial charge in [-0.05, 0) is 44.1 Å². The molecule has 1 N–H and O–H groups in total. The molecule has 1 amide bonds. The third kappa shape index (κ3) is 1.99. The van der Waals surface area contributed by atoms with Crippen molar-refractivity contribution in [2.45, 2.75) is 44.6 Å². The number of aryl methyl sites for hydroxylation is 1. The van der Waals surface area contributed by atoms with Crippen LogP contribution < -0.4 is 5.32 Å². The van der Waals surface area contributed by atoms with Crippen LogP contribution >= 0.6 is 11.3 Å². The van der Waals surface area contributed by atoms with Crippen molar-refractivity contribution in [1.29, 1.82) is 0 Å². The van der Waals surface area contributed by atoms with Crippen molar-refractivity contribution in [3.63, 3.8) is 0 Å². The zero-order valence-corrected chi connectivity index (χ0v) is 10.3. The molecule has 0 atom stereocenters. The number of hydrogen-bond acceptors (Lipinski definition) is 4. The number of carbonyl (C=O) groups is 1. The molecule has 3 rings (SSSR count). The minimum absolute atomic E-state index is 0.494. The highest BCUT2D eigenvalue weighted by atomic mass is 32.1. The van der Waals surface area contributed by atoms with Gasteiger partial charge in [0.25, 0.3) is 0 Å². The van der Waals surface area contributed by atoms with Crippen molar-refractivity contribution in [2.75, 3.05) is 5.32 Å². The second-order valence-electron chi connectivity index (χ2n) is 4.73. The largest absolute Gasteiger partial charge is 0.374 e. The van der Waals surface area contributed by atoms with Gasteiger partial charge in [-0.2, -0.15) is 0 Å². The molecule has 90 valence electrons. The van der Waals surface area contributed by atoms with Crippen LogP contribution in [0.2, 0.25) is 0 Å². The molecule has 0 spiro atoms. The first-order chi connectivity index (χ1) is 8.29. The molecule has 0 unspecified atom stereocenters. The van der Waals surface area contributed by atoms with E-state index in [0.717, 1.165) is 42.7 Å². The Morgan fingerprint density at radius 1 is 1.29 bits per heavy atom. The SMILES string of the molecule is O=NC(=O)c1c(NC2CC2)sc2c1CCCC2. The number of fused-ring (bicyclic) bond motifs is 1. The zero-order chi connectivity index (χ0) is 11.8. The van der Waals surface area contributed by atoms with Crippen molar-refractivity contribution in [3.05, 3.63) is 20.9 Å². The Labute approximate surface area is 103 Å². The maximum atomic E-state index is 11.7. The average molecular weight is 250 g/mol. The lowest BCUT2D eigenvalue weighted by Crippen LogP contribution is -2.07. The first-order valence-electron chi connectivity index (χ1n) is 6.08. The molecule has 5 heteroatoms. The Balaban J connectivity index is 2.02. The minimum Gasteiger partial charge on any atom is -0.374 e. The number of thiophene rings is 1. The lowest BCUT2D eigenvalue weighted by Gasteiger charge is -2.10. The minimum atomic E-state index is -0.604. The summed E-state index contributed by atoms with van der Waals surface area (Å²) in [4.78, 5) is 23.4. The van der Waals surface area contributed by atoms with Gasteiger partial charge in [-0.25, -0.2) is 0 Å². The Morgan fingerprint density at radius 3 is 2.76 bits per heavy atom. The van der Waals surface area contributed by atoms with Gasteiger partial charge in [0.15, 0.2) is 0 Å². The number of carbonyl (C=O) groups excluding carboxylic acids is 1. The molecule has 1 aromatic rings. The van der Waals surface area contributed by atoms with Gasteiger partial charge >= 0.3 is 5.91 Å². The fourth-order valence-corrected chi connectivity index (χ4v) is 3.71. The monoisotopic (exact) mass is 250 g/mol. The zero-order valence-electron chi connectivity index (χ0n) is 9.49. The number of nitroso groups, excluding NO2 is 1. The summed E-state index contributed by atoms with van der Waals surface area (Å²) in [5, 5.41) is 6.84. The second kappa shape index (κ2) is 4.22.